The molecule has 5 heteroatoms. The molecule has 1 N–H and O–H groups in total. The van der Waals surface area contributed by atoms with Crippen LogP contribution in [0.4, 0.5) is 0 Å². The number of methoxy groups -OCH3 is 1. The summed E-state index contributed by atoms with van der Waals surface area (Å²) in [5.41, 5.74) is 0.968. The van der Waals surface area contributed by atoms with Crippen molar-refractivity contribution in [1.82, 2.24) is 10.2 Å². The second-order valence-electron chi connectivity index (χ2n) is 6.35. The number of piperidine rings is 1. The highest BCUT2D eigenvalue weighted by molar-refractivity contribution is 5.79. The molecule has 126 valence electrons. The summed E-state index contributed by atoms with van der Waals surface area (Å²) in [6.45, 7) is 5.30. The molecule has 1 fully saturated rings. The van der Waals surface area contributed by atoms with Crippen molar-refractivity contribution in [3.8, 4) is 5.75 Å². The Hall–Kier alpha value is -2.04. The predicted molar refractivity (Wildman–Crippen MR) is 89.3 cm³/mol. The Morgan fingerprint density at radius 2 is 1.83 bits per heavy atom. The lowest BCUT2D eigenvalue weighted by Gasteiger charge is -2.33. The van der Waals surface area contributed by atoms with Gasteiger partial charge in [-0.05, 0) is 30.5 Å². The maximum atomic E-state index is 12.1. The van der Waals surface area contributed by atoms with Crippen LogP contribution in [-0.4, -0.2) is 43.0 Å². The van der Waals surface area contributed by atoms with Crippen LogP contribution in [0.15, 0.2) is 24.3 Å². The van der Waals surface area contributed by atoms with Crippen LogP contribution in [0.5, 0.6) is 5.75 Å². The van der Waals surface area contributed by atoms with E-state index in [1.54, 1.807) is 7.11 Å². The highest BCUT2D eigenvalue weighted by Gasteiger charge is 2.24. The van der Waals surface area contributed by atoms with E-state index in [0.29, 0.717) is 6.42 Å². The monoisotopic (exact) mass is 318 g/mol. The minimum absolute atomic E-state index is 0.0313. The molecule has 0 aromatic heterocycles. The van der Waals surface area contributed by atoms with E-state index >= 15 is 0 Å². The van der Waals surface area contributed by atoms with Crippen LogP contribution in [0.2, 0.25) is 0 Å². The summed E-state index contributed by atoms with van der Waals surface area (Å²) in [6, 6.07) is 7.69. The quantitative estimate of drug-likeness (QED) is 0.903. The number of hydrogen-bond acceptors (Lipinski definition) is 3. The summed E-state index contributed by atoms with van der Waals surface area (Å²) in [6.07, 6.45) is 2.02. The topological polar surface area (TPSA) is 58.6 Å². The molecular weight excluding hydrogens is 292 g/mol. The number of benzene rings is 1. The van der Waals surface area contributed by atoms with Crippen molar-refractivity contribution in [1.29, 1.82) is 0 Å². The van der Waals surface area contributed by atoms with E-state index < -0.39 is 0 Å². The average Bonchev–Trinajstić information content (AvgIpc) is 2.55. The summed E-state index contributed by atoms with van der Waals surface area (Å²) in [4.78, 5) is 26.0. The van der Waals surface area contributed by atoms with Gasteiger partial charge >= 0.3 is 0 Å². The van der Waals surface area contributed by atoms with E-state index in [-0.39, 0.29) is 23.8 Å². The van der Waals surface area contributed by atoms with Crippen LogP contribution < -0.4 is 10.1 Å². The van der Waals surface area contributed by atoms with E-state index in [1.807, 2.05) is 43.0 Å². The smallest absolute Gasteiger partial charge is 0.225 e. The van der Waals surface area contributed by atoms with Gasteiger partial charge in [-0.2, -0.15) is 0 Å². The Morgan fingerprint density at radius 3 is 2.35 bits per heavy atom. The normalized spacial score (nSPS) is 15.6. The van der Waals surface area contributed by atoms with Gasteiger partial charge < -0.3 is 15.0 Å². The lowest BCUT2D eigenvalue weighted by molar-refractivity contribution is -0.135. The third-order valence-electron chi connectivity index (χ3n) is 4.19. The van der Waals surface area contributed by atoms with E-state index in [1.165, 1.54) is 0 Å². The van der Waals surface area contributed by atoms with Crippen LogP contribution in [-0.2, 0) is 16.0 Å². The molecule has 0 bridgehead atoms. The van der Waals surface area contributed by atoms with Gasteiger partial charge in [0, 0.05) is 25.0 Å². The van der Waals surface area contributed by atoms with Crippen LogP contribution in [0.3, 0.4) is 0 Å². The van der Waals surface area contributed by atoms with Gasteiger partial charge in [0.2, 0.25) is 11.8 Å². The highest BCUT2D eigenvalue weighted by atomic mass is 16.5. The first kappa shape index (κ1) is 17.3. The fourth-order valence-electron chi connectivity index (χ4n) is 2.82. The van der Waals surface area contributed by atoms with Gasteiger partial charge in [-0.3, -0.25) is 9.59 Å². The molecule has 2 amide bonds. The molecule has 0 spiro atoms. The molecule has 1 saturated heterocycles. The Labute approximate surface area is 138 Å². The molecule has 1 heterocycles. The molecule has 0 atom stereocenters. The number of hydrogen-bond donors (Lipinski definition) is 1. The molecule has 0 saturated carbocycles. The second kappa shape index (κ2) is 7.99. The molecule has 0 unspecified atom stereocenters. The number of likely N-dealkylation sites (tertiary alicyclic amines) is 1. The first-order valence-corrected chi connectivity index (χ1v) is 8.20. The number of nitrogens with zero attached hydrogens (tertiary/aromatic N) is 1. The first-order valence-electron chi connectivity index (χ1n) is 8.20. The Balaban J connectivity index is 1.77. The lowest BCUT2D eigenvalue weighted by atomic mass is 10.0. The molecule has 0 radical (unpaired) electrons. The van der Waals surface area contributed by atoms with Crippen molar-refractivity contribution in [2.75, 3.05) is 20.2 Å². The summed E-state index contributed by atoms with van der Waals surface area (Å²) in [5, 5.41) is 3.08. The second-order valence-corrected chi connectivity index (χ2v) is 6.35. The number of carbonyl (C=O) groups excluding carboxylic acids is 2. The predicted octanol–water partition coefficient (Wildman–Crippen LogP) is 2.00. The van der Waals surface area contributed by atoms with Crippen molar-refractivity contribution in [2.45, 2.75) is 39.2 Å². The van der Waals surface area contributed by atoms with Gasteiger partial charge in [0.1, 0.15) is 5.75 Å². The van der Waals surface area contributed by atoms with Crippen molar-refractivity contribution in [2.24, 2.45) is 5.92 Å². The van der Waals surface area contributed by atoms with E-state index in [2.05, 4.69) is 5.32 Å². The standard InChI is InChI=1S/C18H26N2O3/c1-13(2)18(22)20-10-8-15(9-11-20)19-17(21)12-14-4-6-16(23-3)7-5-14/h4-7,13,15H,8-12H2,1-3H3,(H,19,21). The molecule has 2 rings (SSSR count). The molecule has 1 aliphatic rings. The molecule has 1 aliphatic heterocycles. The number of rotatable bonds is 5. The summed E-state index contributed by atoms with van der Waals surface area (Å²) >= 11 is 0. The largest absolute Gasteiger partial charge is 0.497 e. The van der Waals surface area contributed by atoms with Crippen LogP contribution >= 0.6 is 0 Å². The molecule has 1 aromatic carbocycles. The van der Waals surface area contributed by atoms with E-state index in [0.717, 1.165) is 37.2 Å². The first-order chi connectivity index (χ1) is 11.0. The summed E-state index contributed by atoms with van der Waals surface area (Å²) in [7, 11) is 1.62. The molecule has 1 aromatic rings. The fraction of sp³-hybridized carbons (Fsp3) is 0.556. The zero-order chi connectivity index (χ0) is 16.8. The molecule has 5 nitrogen and oxygen atoms in total. The Morgan fingerprint density at radius 1 is 1.22 bits per heavy atom. The van der Waals surface area contributed by atoms with Crippen molar-refractivity contribution >= 4 is 11.8 Å². The summed E-state index contributed by atoms with van der Waals surface area (Å²) < 4.78 is 5.11. The van der Waals surface area contributed by atoms with Gasteiger partial charge in [-0.25, -0.2) is 0 Å². The van der Waals surface area contributed by atoms with Gasteiger partial charge in [0.25, 0.3) is 0 Å². The van der Waals surface area contributed by atoms with Gasteiger partial charge in [0.15, 0.2) is 0 Å². The maximum absolute atomic E-state index is 12.1. The van der Waals surface area contributed by atoms with Crippen molar-refractivity contribution in [3.63, 3.8) is 0 Å². The number of carbonyl (C=O) groups is 2. The van der Waals surface area contributed by atoms with Crippen LogP contribution in [0, 0.1) is 5.92 Å². The van der Waals surface area contributed by atoms with Gasteiger partial charge in [-0.1, -0.05) is 26.0 Å². The number of ether oxygens (including phenoxy) is 1. The third kappa shape index (κ3) is 4.98. The number of nitrogens with one attached hydrogen (secondary N) is 1. The van der Waals surface area contributed by atoms with Crippen molar-refractivity contribution < 1.29 is 14.3 Å². The Kier molecular flexibility index (Phi) is 6.02. The van der Waals surface area contributed by atoms with Crippen LogP contribution in [0.25, 0.3) is 0 Å². The minimum atomic E-state index is 0.0313. The minimum Gasteiger partial charge on any atom is -0.497 e. The maximum Gasteiger partial charge on any atom is 0.225 e. The SMILES string of the molecule is COc1ccc(CC(=O)NC2CCN(C(=O)C(C)C)CC2)cc1. The zero-order valence-electron chi connectivity index (χ0n) is 14.2. The fourth-order valence-corrected chi connectivity index (χ4v) is 2.82. The van der Waals surface area contributed by atoms with E-state index in [9.17, 15) is 9.59 Å². The molecular formula is C18H26N2O3. The third-order valence-corrected chi connectivity index (χ3v) is 4.19. The Bertz CT molecular complexity index is 532. The summed E-state index contributed by atoms with van der Waals surface area (Å²) in [5.74, 6) is 1.06. The van der Waals surface area contributed by atoms with Gasteiger partial charge in [0.05, 0.1) is 13.5 Å². The van der Waals surface area contributed by atoms with Crippen LogP contribution in [0.1, 0.15) is 32.3 Å². The van der Waals surface area contributed by atoms with E-state index in [4.69, 9.17) is 4.74 Å². The molecule has 23 heavy (non-hydrogen) atoms. The average molecular weight is 318 g/mol. The number of amides is 2. The zero-order valence-corrected chi connectivity index (χ0v) is 14.2. The lowest BCUT2D eigenvalue weighted by Crippen LogP contribution is -2.47. The van der Waals surface area contributed by atoms with Crippen molar-refractivity contribution in [3.05, 3.63) is 29.8 Å². The molecule has 0 aliphatic carbocycles. The highest BCUT2D eigenvalue weighted by Crippen LogP contribution is 2.14. The van der Waals surface area contributed by atoms with Gasteiger partial charge in [-0.15, -0.1) is 0 Å².